The first-order chi connectivity index (χ1) is 6.76. The summed E-state index contributed by atoms with van der Waals surface area (Å²) in [4.78, 5) is 0. The summed E-state index contributed by atoms with van der Waals surface area (Å²) in [5.74, 6) is 0.899. The number of nitrogens with one attached hydrogen (secondary N) is 2. The molecule has 0 radical (unpaired) electrons. The van der Waals surface area contributed by atoms with E-state index in [4.69, 9.17) is 4.74 Å². The van der Waals surface area contributed by atoms with Gasteiger partial charge in [-0.05, 0) is 31.7 Å². The Morgan fingerprint density at radius 1 is 1.29 bits per heavy atom. The SMILES string of the molecule is CNC(C)NCc1ccc(OC)cc1. The fourth-order valence-electron chi connectivity index (χ4n) is 1.12. The smallest absolute Gasteiger partial charge is 0.118 e. The fourth-order valence-corrected chi connectivity index (χ4v) is 1.12. The summed E-state index contributed by atoms with van der Waals surface area (Å²) in [6.45, 7) is 2.95. The van der Waals surface area contributed by atoms with Crippen molar-refractivity contribution in [1.82, 2.24) is 10.6 Å². The molecule has 1 rings (SSSR count). The van der Waals surface area contributed by atoms with Gasteiger partial charge in [-0.1, -0.05) is 12.1 Å². The third-order valence-electron chi connectivity index (χ3n) is 2.20. The zero-order chi connectivity index (χ0) is 10.4. The van der Waals surface area contributed by atoms with Crippen molar-refractivity contribution >= 4 is 0 Å². The molecule has 0 aromatic heterocycles. The van der Waals surface area contributed by atoms with E-state index in [1.165, 1.54) is 5.56 Å². The van der Waals surface area contributed by atoms with E-state index in [-0.39, 0.29) is 0 Å². The molecule has 0 spiro atoms. The molecular weight excluding hydrogens is 176 g/mol. The molecule has 0 aliphatic rings. The molecule has 14 heavy (non-hydrogen) atoms. The second-order valence-electron chi connectivity index (χ2n) is 3.24. The van der Waals surface area contributed by atoms with Gasteiger partial charge >= 0.3 is 0 Å². The summed E-state index contributed by atoms with van der Waals surface area (Å²) < 4.78 is 5.08. The van der Waals surface area contributed by atoms with Crippen LogP contribution < -0.4 is 15.4 Å². The topological polar surface area (TPSA) is 33.3 Å². The highest BCUT2D eigenvalue weighted by atomic mass is 16.5. The van der Waals surface area contributed by atoms with E-state index < -0.39 is 0 Å². The predicted octanol–water partition coefficient (Wildman–Crippen LogP) is 1.35. The first-order valence-corrected chi connectivity index (χ1v) is 4.80. The predicted molar refractivity (Wildman–Crippen MR) is 58.4 cm³/mol. The molecule has 0 aliphatic carbocycles. The zero-order valence-corrected chi connectivity index (χ0v) is 9.00. The van der Waals surface area contributed by atoms with E-state index in [1.807, 2.05) is 19.2 Å². The Labute approximate surface area is 85.5 Å². The molecule has 1 aromatic carbocycles. The van der Waals surface area contributed by atoms with Gasteiger partial charge in [0, 0.05) is 6.54 Å². The van der Waals surface area contributed by atoms with Gasteiger partial charge in [-0.25, -0.2) is 0 Å². The Hall–Kier alpha value is -1.06. The van der Waals surface area contributed by atoms with Crippen LogP contribution in [-0.4, -0.2) is 20.3 Å². The van der Waals surface area contributed by atoms with Crippen molar-refractivity contribution in [2.45, 2.75) is 19.6 Å². The lowest BCUT2D eigenvalue weighted by molar-refractivity contribution is 0.414. The lowest BCUT2D eigenvalue weighted by atomic mass is 10.2. The molecule has 1 aromatic rings. The number of methoxy groups -OCH3 is 1. The van der Waals surface area contributed by atoms with E-state index in [1.54, 1.807) is 7.11 Å². The highest BCUT2D eigenvalue weighted by molar-refractivity contribution is 5.26. The number of hydrogen-bond acceptors (Lipinski definition) is 3. The van der Waals surface area contributed by atoms with E-state index in [9.17, 15) is 0 Å². The van der Waals surface area contributed by atoms with Crippen LogP contribution in [0.15, 0.2) is 24.3 Å². The molecule has 0 saturated heterocycles. The molecule has 0 saturated carbocycles. The number of ether oxygens (including phenoxy) is 1. The lowest BCUT2D eigenvalue weighted by Gasteiger charge is -2.12. The van der Waals surface area contributed by atoms with Crippen LogP contribution in [0, 0.1) is 0 Å². The fraction of sp³-hybridized carbons (Fsp3) is 0.455. The molecule has 3 heteroatoms. The van der Waals surface area contributed by atoms with Crippen LogP contribution in [0.3, 0.4) is 0 Å². The number of benzene rings is 1. The first-order valence-electron chi connectivity index (χ1n) is 4.80. The maximum absolute atomic E-state index is 5.08. The summed E-state index contributed by atoms with van der Waals surface area (Å²) in [6.07, 6.45) is 0.331. The summed E-state index contributed by atoms with van der Waals surface area (Å²) in [5, 5.41) is 6.46. The molecule has 0 aliphatic heterocycles. The Balaban J connectivity index is 2.43. The molecule has 2 N–H and O–H groups in total. The molecule has 0 heterocycles. The average molecular weight is 194 g/mol. The maximum Gasteiger partial charge on any atom is 0.118 e. The van der Waals surface area contributed by atoms with Crippen LogP contribution in [0.1, 0.15) is 12.5 Å². The van der Waals surface area contributed by atoms with E-state index >= 15 is 0 Å². The molecule has 3 nitrogen and oxygen atoms in total. The molecule has 1 unspecified atom stereocenters. The van der Waals surface area contributed by atoms with Crippen molar-refractivity contribution in [1.29, 1.82) is 0 Å². The van der Waals surface area contributed by atoms with Gasteiger partial charge in [0.25, 0.3) is 0 Å². The molecule has 0 amide bonds. The summed E-state index contributed by atoms with van der Waals surface area (Å²) in [6, 6.07) is 8.07. The van der Waals surface area contributed by atoms with Crippen LogP contribution in [0.5, 0.6) is 5.75 Å². The van der Waals surface area contributed by atoms with Gasteiger partial charge in [-0.3, -0.25) is 5.32 Å². The summed E-state index contributed by atoms with van der Waals surface area (Å²) in [7, 11) is 3.61. The summed E-state index contributed by atoms with van der Waals surface area (Å²) in [5.41, 5.74) is 1.26. The Kier molecular flexibility index (Phi) is 4.43. The minimum Gasteiger partial charge on any atom is -0.497 e. The average Bonchev–Trinajstić information content (AvgIpc) is 2.26. The van der Waals surface area contributed by atoms with Gasteiger partial charge in [0.05, 0.1) is 13.3 Å². The molecular formula is C11H18N2O. The monoisotopic (exact) mass is 194 g/mol. The zero-order valence-electron chi connectivity index (χ0n) is 9.00. The quantitative estimate of drug-likeness (QED) is 0.694. The first kappa shape index (κ1) is 11.0. The number of hydrogen-bond donors (Lipinski definition) is 2. The van der Waals surface area contributed by atoms with Gasteiger partial charge in [0.15, 0.2) is 0 Å². The van der Waals surface area contributed by atoms with Crippen molar-refractivity contribution in [3.05, 3.63) is 29.8 Å². The van der Waals surface area contributed by atoms with Gasteiger partial charge in [-0.2, -0.15) is 0 Å². The normalized spacial score (nSPS) is 12.5. The van der Waals surface area contributed by atoms with Crippen LogP contribution in [-0.2, 0) is 6.54 Å². The van der Waals surface area contributed by atoms with Crippen molar-refractivity contribution in [2.75, 3.05) is 14.2 Å². The van der Waals surface area contributed by atoms with Crippen LogP contribution >= 0.6 is 0 Å². The van der Waals surface area contributed by atoms with Crippen molar-refractivity contribution < 1.29 is 4.74 Å². The van der Waals surface area contributed by atoms with E-state index in [0.29, 0.717) is 6.17 Å². The second-order valence-corrected chi connectivity index (χ2v) is 3.24. The van der Waals surface area contributed by atoms with Crippen molar-refractivity contribution in [3.63, 3.8) is 0 Å². The van der Waals surface area contributed by atoms with Crippen LogP contribution in [0.2, 0.25) is 0 Å². The Bertz CT molecular complexity index is 258. The maximum atomic E-state index is 5.08. The second kappa shape index (κ2) is 5.62. The molecule has 0 bridgehead atoms. The third-order valence-corrected chi connectivity index (χ3v) is 2.20. The Morgan fingerprint density at radius 3 is 2.43 bits per heavy atom. The third kappa shape index (κ3) is 3.36. The highest BCUT2D eigenvalue weighted by Crippen LogP contribution is 2.10. The van der Waals surface area contributed by atoms with Gasteiger partial charge in [0.1, 0.15) is 5.75 Å². The lowest BCUT2D eigenvalue weighted by Crippen LogP contribution is -2.36. The highest BCUT2D eigenvalue weighted by Gasteiger charge is 1.97. The van der Waals surface area contributed by atoms with E-state index in [2.05, 4.69) is 29.7 Å². The van der Waals surface area contributed by atoms with Crippen molar-refractivity contribution in [3.8, 4) is 5.75 Å². The molecule has 0 fully saturated rings. The van der Waals surface area contributed by atoms with Crippen LogP contribution in [0.4, 0.5) is 0 Å². The van der Waals surface area contributed by atoms with E-state index in [0.717, 1.165) is 12.3 Å². The van der Waals surface area contributed by atoms with Gasteiger partial charge in [0.2, 0.25) is 0 Å². The largest absolute Gasteiger partial charge is 0.497 e. The van der Waals surface area contributed by atoms with Gasteiger partial charge < -0.3 is 10.1 Å². The van der Waals surface area contributed by atoms with Crippen LogP contribution in [0.25, 0.3) is 0 Å². The minimum absolute atomic E-state index is 0.331. The molecule has 1 atom stereocenters. The van der Waals surface area contributed by atoms with Gasteiger partial charge in [-0.15, -0.1) is 0 Å². The minimum atomic E-state index is 0.331. The van der Waals surface area contributed by atoms with Crippen molar-refractivity contribution in [2.24, 2.45) is 0 Å². The standard InChI is InChI=1S/C11H18N2O/c1-9(12-2)13-8-10-4-6-11(14-3)7-5-10/h4-7,9,12-13H,8H2,1-3H3. The Morgan fingerprint density at radius 2 is 1.93 bits per heavy atom. The molecule has 78 valence electrons. The summed E-state index contributed by atoms with van der Waals surface area (Å²) >= 11 is 0. The number of rotatable bonds is 5.